The summed E-state index contributed by atoms with van der Waals surface area (Å²) in [5.74, 6) is 0.409. The van der Waals surface area contributed by atoms with Crippen LogP contribution in [0.4, 0.5) is 0 Å². The molecule has 3 heteroatoms. The van der Waals surface area contributed by atoms with Gasteiger partial charge >= 0.3 is 0 Å². The average Bonchev–Trinajstić information content (AvgIpc) is 2.18. The second-order valence-electron chi connectivity index (χ2n) is 3.76. The highest BCUT2D eigenvalue weighted by Gasteiger charge is 2.09. The summed E-state index contributed by atoms with van der Waals surface area (Å²) in [6, 6.07) is 1.89. The summed E-state index contributed by atoms with van der Waals surface area (Å²) in [6.07, 6.45) is 3.59. The minimum Gasteiger partial charge on any atom is -0.264 e. The lowest BCUT2D eigenvalue weighted by atomic mass is 10.0. The second-order valence-corrected chi connectivity index (χ2v) is 3.76. The fraction of sp³-hybridized carbons (Fsp3) is 0.364. The summed E-state index contributed by atoms with van der Waals surface area (Å²) in [5, 5.41) is 9.50. The van der Waals surface area contributed by atoms with Crippen LogP contribution < -0.4 is 0 Å². The van der Waals surface area contributed by atoms with E-state index in [0.29, 0.717) is 5.92 Å². The maximum atomic E-state index is 4.23. The molecule has 2 heterocycles. The van der Waals surface area contributed by atoms with Crippen LogP contribution in [-0.4, -0.2) is 15.2 Å². The molecule has 0 unspecified atom stereocenters. The molecule has 0 bridgehead atoms. The van der Waals surface area contributed by atoms with Gasteiger partial charge in [0.1, 0.15) is 0 Å². The van der Waals surface area contributed by atoms with Crippen LogP contribution in [0.2, 0.25) is 0 Å². The van der Waals surface area contributed by atoms with Crippen molar-refractivity contribution in [1.29, 1.82) is 0 Å². The molecule has 0 N–H and O–H groups in total. The van der Waals surface area contributed by atoms with Gasteiger partial charge in [0.2, 0.25) is 0 Å². The van der Waals surface area contributed by atoms with Crippen LogP contribution >= 0.6 is 0 Å². The zero-order chi connectivity index (χ0) is 10.1. The Hall–Kier alpha value is -1.51. The summed E-state index contributed by atoms with van der Waals surface area (Å²) in [7, 11) is 0. The van der Waals surface area contributed by atoms with Crippen LogP contribution in [-0.2, 0) is 0 Å². The molecule has 2 aromatic rings. The van der Waals surface area contributed by atoms with Crippen LogP contribution in [0.5, 0.6) is 0 Å². The Kier molecular flexibility index (Phi) is 2.15. The van der Waals surface area contributed by atoms with E-state index >= 15 is 0 Å². The normalized spacial score (nSPS) is 11.1. The number of nitrogens with zero attached hydrogens (tertiary/aromatic N) is 3. The lowest BCUT2D eigenvalue weighted by molar-refractivity contribution is 0.784. The molecule has 0 saturated heterocycles. The Balaban J connectivity index is 2.75. The Morgan fingerprint density at radius 2 is 2.00 bits per heavy atom. The first-order valence-corrected chi connectivity index (χ1v) is 4.77. The van der Waals surface area contributed by atoms with E-state index in [1.165, 1.54) is 5.56 Å². The predicted octanol–water partition coefficient (Wildman–Crippen LogP) is 2.46. The van der Waals surface area contributed by atoms with Gasteiger partial charge in [-0.3, -0.25) is 4.98 Å². The van der Waals surface area contributed by atoms with E-state index in [1.54, 1.807) is 6.20 Å². The maximum Gasteiger partial charge on any atom is 0.0963 e. The summed E-state index contributed by atoms with van der Waals surface area (Å²) < 4.78 is 0. The van der Waals surface area contributed by atoms with Crippen molar-refractivity contribution in [3.8, 4) is 0 Å². The zero-order valence-electron chi connectivity index (χ0n) is 8.65. The molecule has 72 valence electrons. The molecule has 14 heavy (non-hydrogen) atoms. The Morgan fingerprint density at radius 1 is 1.21 bits per heavy atom. The number of hydrogen-bond donors (Lipinski definition) is 0. The van der Waals surface area contributed by atoms with Crippen molar-refractivity contribution >= 4 is 10.9 Å². The van der Waals surface area contributed by atoms with Gasteiger partial charge in [0.05, 0.1) is 11.2 Å². The van der Waals surface area contributed by atoms with Gasteiger partial charge in [-0.05, 0) is 24.5 Å². The Morgan fingerprint density at radius 3 is 2.71 bits per heavy atom. The van der Waals surface area contributed by atoms with E-state index in [1.807, 2.05) is 12.3 Å². The van der Waals surface area contributed by atoms with Crippen molar-refractivity contribution in [1.82, 2.24) is 15.2 Å². The molecule has 0 aliphatic carbocycles. The number of rotatable bonds is 1. The molecule has 0 aliphatic heterocycles. The number of fused-ring (bicyclic) bond motifs is 1. The van der Waals surface area contributed by atoms with E-state index < -0.39 is 0 Å². The molecule has 0 radical (unpaired) electrons. The van der Waals surface area contributed by atoms with Gasteiger partial charge in [-0.15, -0.1) is 0 Å². The molecule has 2 aromatic heterocycles. The number of hydrogen-bond acceptors (Lipinski definition) is 3. The van der Waals surface area contributed by atoms with Crippen LogP contribution in [0, 0.1) is 6.92 Å². The van der Waals surface area contributed by atoms with Crippen molar-refractivity contribution in [3.63, 3.8) is 0 Å². The standard InChI is InChI=1S/C11H13N3/c1-7(2)11-8(3)9-6-12-5-4-10(9)13-14-11/h4-7H,1-3H3. The van der Waals surface area contributed by atoms with E-state index in [0.717, 1.165) is 16.6 Å². The topological polar surface area (TPSA) is 38.7 Å². The van der Waals surface area contributed by atoms with E-state index in [2.05, 4.69) is 36.0 Å². The Labute approximate surface area is 83.2 Å². The van der Waals surface area contributed by atoms with Crippen molar-refractivity contribution in [2.24, 2.45) is 0 Å². The minimum absolute atomic E-state index is 0.409. The first-order valence-electron chi connectivity index (χ1n) is 4.77. The van der Waals surface area contributed by atoms with E-state index in [-0.39, 0.29) is 0 Å². The van der Waals surface area contributed by atoms with Crippen LogP contribution in [0.15, 0.2) is 18.5 Å². The molecular weight excluding hydrogens is 174 g/mol. The minimum atomic E-state index is 0.409. The molecule has 0 aliphatic rings. The van der Waals surface area contributed by atoms with Gasteiger partial charge in [0.25, 0.3) is 0 Å². The first kappa shape index (κ1) is 9.06. The number of pyridine rings is 1. The SMILES string of the molecule is Cc1c(C(C)C)nnc2ccncc12. The molecule has 0 amide bonds. The molecule has 0 fully saturated rings. The van der Waals surface area contributed by atoms with Gasteiger partial charge in [-0.1, -0.05) is 13.8 Å². The molecule has 3 nitrogen and oxygen atoms in total. The zero-order valence-corrected chi connectivity index (χ0v) is 8.65. The molecule has 0 saturated carbocycles. The largest absolute Gasteiger partial charge is 0.264 e. The highest BCUT2D eigenvalue weighted by Crippen LogP contribution is 2.21. The van der Waals surface area contributed by atoms with Gasteiger partial charge < -0.3 is 0 Å². The lowest BCUT2D eigenvalue weighted by Gasteiger charge is -2.08. The molecule has 0 spiro atoms. The monoisotopic (exact) mass is 187 g/mol. The lowest BCUT2D eigenvalue weighted by Crippen LogP contribution is -2.00. The summed E-state index contributed by atoms with van der Waals surface area (Å²) in [5.41, 5.74) is 3.17. The molecule has 2 rings (SSSR count). The van der Waals surface area contributed by atoms with Crippen molar-refractivity contribution in [2.75, 3.05) is 0 Å². The molecule has 0 aromatic carbocycles. The smallest absolute Gasteiger partial charge is 0.0963 e. The molecular formula is C11H13N3. The fourth-order valence-electron chi connectivity index (χ4n) is 1.63. The van der Waals surface area contributed by atoms with E-state index in [9.17, 15) is 0 Å². The van der Waals surface area contributed by atoms with Crippen molar-refractivity contribution in [3.05, 3.63) is 29.7 Å². The van der Waals surface area contributed by atoms with Crippen LogP contribution in [0.25, 0.3) is 10.9 Å². The predicted molar refractivity (Wildman–Crippen MR) is 56.2 cm³/mol. The van der Waals surface area contributed by atoms with Crippen LogP contribution in [0.1, 0.15) is 31.0 Å². The van der Waals surface area contributed by atoms with Gasteiger partial charge in [-0.2, -0.15) is 10.2 Å². The highest BCUT2D eigenvalue weighted by atomic mass is 15.1. The van der Waals surface area contributed by atoms with Crippen LogP contribution in [0.3, 0.4) is 0 Å². The quantitative estimate of drug-likeness (QED) is 0.688. The fourth-order valence-corrected chi connectivity index (χ4v) is 1.63. The van der Waals surface area contributed by atoms with Crippen molar-refractivity contribution in [2.45, 2.75) is 26.7 Å². The molecule has 0 atom stereocenters. The van der Waals surface area contributed by atoms with E-state index in [4.69, 9.17) is 0 Å². The first-order chi connectivity index (χ1) is 6.70. The van der Waals surface area contributed by atoms with Gasteiger partial charge in [0, 0.05) is 17.8 Å². The third-order valence-corrected chi connectivity index (χ3v) is 2.40. The second kappa shape index (κ2) is 3.33. The number of aryl methyl sites for hydroxylation is 1. The summed E-state index contributed by atoms with van der Waals surface area (Å²) in [6.45, 7) is 6.33. The maximum absolute atomic E-state index is 4.23. The van der Waals surface area contributed by atoms with Crippen molar-refractivity contribution < 1.29 is 0 Å². The third-order valence-electron chi connectivity index (χ3n) is 2.40. The average molecular weight is 187 g/mol. The Bertz CT molecular complexity index is 463. The van der Waals surface area contributed by atoms with Gasteiger partial charge in [0.15, 0.2) is 0 Å². The number of aromatic nitrogens is 3. The summed E-state index contributed by atoms with van der Waals surface area (Å²) >= 11 is 0. The van der Waals surface area contributed by atoms with Gasteiger partial charge in [-0.25, -0.2) is 0 Å². The summed E-state index contributed by atoms with van der Waals surface area (Å²) in [4.78, 5) is 4.11. The third kappa shape index (κ3) is 1.35. The highest BCUT2D eigenvalue weighted by molar-refractivity contribution is 5.80.